The molecule has 0 spiro atoms. The maximum atomic E-state index is 12.4. The van der Waals surface area contributed by atoms with E-state index in [9.17, 15) is 10.1 Å². The van der Waals surface area contributed by atoms with E-state index in [1.165, 1.54) is 0 Å². The lowest BCUT2D eigenvalue weighted by atomic mass is 10.1. The van der Waals surface area contributed by atoms with Gasteiger partial charge < -0.3 is 4.90 Å². The molecule has 1 aliphatic rings. The molecule has 2 aromatic rings. The normalized spacial score (nSPS) is 14.2. The summed E-state index contributed by atoms with van der Waals surface area (Å²) in [5.41, 5.74) is 2.00. The van der Waals surface area contributed by atoms with Crippen molar-refractivity contribution in [2.24, 2.45) is 0 Å². The lowest BCUT2D eigenvalue weighted by Gasteiger charge is -2.13. The molecule has 1 saturated heterocycles. The van der Waals surface area contributed by atoms with Gasteiger partial charge in [-0.05, 0) is 12.8 Å². The first kappa shape index (κ1) is 12.4. The highest BCUT2D eigenvalue weighted by Crippen LogP contribution is 2.24. The molecule has 1 amide bonds. The van der Waals surface area contributed by atoms with Crippen LogP contribution in [-0.2, 0) is 0 Å². The van der Waals surface area contributed by atoms with Crippen LogP contribution in [0.5, 0.6) is 0 Å². The van der Waals surface area contributed by atoms with Crippen LogP contribution >= 0.6 is 0 Å². The molecule has 0 radical (unpaired) electrons. The molecule has 100 valence electrons. The van der Waals surface area contributed by atoms with Gasteiger partial charge in [0.1, 0.15) is 23.0 Å². The Bertz CT molecular complexity index is 663. The Labute approximate surface area is 116 Å². The van der Waals surface area contributed by atoms with Crippen LogP contribution in [0.3, 0.4) is 0 Å². The van der Waals surface area contributed by atoms with E-state index < -0.39 is 0 Å². The van der Waals surface area contributed by atoms with Crippen molar-refractivity contribution in [3.63, 3.8) is 0 Å². The summed E-state index contributed by atoms with van der Waals surface area (Å²) in [6, 6.07) is 11.5. The number of aromatic nitrogens is 2. The monoisotopic (exact) mass is 266 g/mol. The maximum Gasteiger partial charge on any atom is 0.273 e. The van der Waals surface area contributed by atoms with Crippen molar-refractivity contribution in [3.05, 3.63) is 41.6 Å². The number of likely N-dealkylation sites (tertiary alicyclic amines) is 1. The lowest BCUT2D eigenvalue weighted by molar-refractivity contribution is 0.0786. The number of aromatic amines is 1. The van der Waals surface area contributed by atoms with Gasteiger partial charge >= 0.3 is 0 Å². The van der Waals surface area contributed by atoms with Crippen LogP contribution in [0.2, 0.25) is 0 Å². The fourth-order valence-electron chi connectivity index (χ4n) is 2.49. The second-order valence-corrected chi connectivity index (χ2v) is 4.80. The predicted molar refractivity (Wildman–Crippen MR) is 73.9 cm³/mol. The first-order valence-electron chi connectivity index (χ1n) is 6.64. The molecule has 0 unspecified atom stereocenters. The minimum absolute atomic E-state index is 0.131. The molecule has 0 aliphatic carbocycles. The Balaban J connectivity index is 2.00. The third-order valence-electron chi connectivity index (χ3n) is 3.53. The van der Waals surface area contributed by atoms with Gasteiger partial charge in [0.15, 0.2) is 0 Å². The molecule has 1 N–H and O–H groups in total. The van der Waals surface area contributed by atoms with Gasteiger partial charge in [0.2, 0.25) is 0 Å². The molecule has 5 nitrogen and oxygen atoms in total. The van der Waals surface area contributed by atoms with E-state index in [1.54, 1.807) is 4.90 Å². The highest BCUT2D eigenvalue weighted by atomic mass is 16.2. The molecule has 2 heterocycles. The highest BCUT2D eigenvalue weighted by Gasteiger charge is 2.26. The first-order chi connectivity index (χ1) is 9.81. The van der Waals surface area contributed by atoms with E-state index in [0.717, 1.165) is 31.5 Å². The number of nitriles is 1. The smallest absolute Gasteiger partial charge is 0.273 e. The highest BCUT2D eigenvalue weighted by molar-refractivity contribution is 5.96. The van der Waals surface area contributed by atoms with E-state index in [4.69, 9.17) is 0 Å². The van der Waals surface area contributed by atoms with Crippen LogP contribution in [0.25, 0.3) is 11.3 Å². The van der Waals surface area contributed by atoms with Gasteiger partial charge in [0.25, 0.3) is 5.91 Å². The van der Waals surface area contributed by atoms with Crippen molar-refractivity contribution in [2.75, 3.05) is 13.1 Å². The molecule has 0 atom stereocenters. The van der Waals surface area contributed by atoms with E-state index >= 15 is 0 Å². The summed E-state index contributed by atoms with van der Waals surface area (Å²) >= 11 is 0. The number of nitrogens with zero attached hydrogens (tertiary/aromatic N) is 3. The minimum Gasteiger partial charge on any atom is -0.337 e. The van der Waals surface area contributed by atoms with Crippen LogP contribution in [0.15, 0.2) is 30.3 Å². The predicted octanol–water partition coefficient (Wildman–Crippen LogP) is 2.18. The van der Waals surface area contributed by atoms with Gasteiger partial charge in [0, 0.05) is 18.7 Å². The average molecular weight is 266 g/mol. The number of carbonyl (C=O) groups excluding carboxylic acids is 1. The maximum absolute atomic E-state index is 12.4. The Morgan fingerprint density at radius 2 is 1.95 bits per heavy atom. The van der Waals surface area contributed by atoms with Crippen LogP contribution in [0.4, 0.5) is 0 Å². The van der Waals surface area contributed by atoms with Crippen molar-refractivity contribution in [1.82, 2.24) is 15.1 Å². The van der Waals surface area contributed by atoms with Crippen LogP contribution in [0.1, 0.15) is 28.9 Å². The Kier molecular flexibility index (Phi) is 3.21. The first-order valence-corrected chi connectivity index (χ1v) is 6.64. The zero-order valence-electron chi connectivity index (χ0n) is 11.0. The number of nitrogens with one attached hydrogen (secondary N) is 1. The summed E-state index contributed by atoms with van der Waals surface area (Å²) in [6.45, 7) is 1.51. The number of hydrogen-bond acceptors (Lipinski definition) is 3. The second kappa shape index (κ2) is 5.17. The molecule has 5 heteroatoms. The molecule has 1 aromatic carbocycles. The number of amides is 1. The van der Waals surface area contributed by atoms with Gasteiger partial charge in [-0.25, -0.2) is 0 Å². The average Bonchev–Trinajstić information content (AvgIpc) is 3.16. The fraction of sp³-hybridized carbons (Fsp3) is 0.267. The zero-order chi connectivity index (χ0) is 13.9. The van der Waals surface area contributed by atoms with Gasteiger partial charge in [0.05, 0.1) is 0 Å². The van der Waals surface area contributed by atoms with Gasteiger partial charge in [-0.15, -0.1) is 0 Å². The molecular weight excluding hydrogens is 252 g/mol. The van der Waals surface area contributed by atoms with Crippen molar-refractivity contribution >= 4 is 5.91 Å². The molecule has 1 aromatic heterocycles. The van der Waals surface area contributed by atoms with Gasteiger partial charge in [-0.2, -0.15) is 10.4 Å². The summed E-state index contributed by atoms with van der Waals surface area (Å²) in [7, 11) is 0. The second-order valence-electron chi connectivity index (χ2n) is 4.80. The number of benzene rings is 1. The van der Waals surface area contributed by atoms with E-state index in [2.05, 4.69) is 16.3 Å². The topological polar surface area (TPSA) is 72.8 Å². The number of H-pyrrole nitrogens is 1. The molecule has 0 saturated carbocycles. The number of rotatable bonds is 2. The lowest BCUT2D eigenvalue weighted by Crippen LogP contribution is -2.28. The Morgan fingerprint density at radius 1 is 1.25 bits per heavy atom. The van der Waals surface area contributed by atoms with E-state index in [1.807, 2.05) is 30.3 Å². The summed E-state index contributed by atoms with van der Waals surface area (Å²) in [6.07, 6.45) is 2.04. The molecule has 3 rings (SSSR count). The van der Waals surface area contributed by atoms with Crippen LogP contribution in [0, 0.1) is 11.3 Å². The Morgan fingerprint density at radius 3 is 2.60 bits per heavy atom. The van der Waals surface area contributed by atoms with E-state index in [-0.39, 0.29) is 5.91 Å². The largest absolute Gasteiger partial charge is 0.337 e. The third-order valence-corrected chi connectivity index (χ3v) is 3.53. The summed E-state index contributed by atoms with van der Waals surface area (Å²) in [4.78, 5) is 14.1. The van der Waals surface area contributed by atoms with Crippen molar-refractivity contribution in [2.45, 2.75) is 12.8 Å². The molecule has 1 fully saturated rings. The molecular formula is C15H14N4O. The molecule has 1 aliphatic heterocycles. The Hall–Kier alpha value is -2.61. The summed E-state index contributed by atoms with van der Waals surface area (Å²) < 4.78 is 0. The quantitative estimate of drug-likeness (QED) is 0.905. The third kappa shape index (κ3) is 2.05. The SMILES string of the molecule is N#Cc1c(-c2ccccc2)n[nH]c1C(=O)N1CCCC1. The van der Waals surface area contributed by atoms with Crippen LogP contribution < -0.4 is 0 Å². The number of hydrogen-bond donors (Lipinski definition) is 1. The number of carbonyl (C=O) groups is 1. The summed E-state index contributed by atoms with van der Waals surface area (Å²) in [5.74, 6) is -0.131. The van der Waals surface area contributed by atoms with Crippen LogP contribution in [-0.4, -0.2) is 34.1 Å². The molecule has 0 bridgehead atoms. The zero-order valence-corrected chi connectivity index (χ0v) is 11.0. The standard InChI is InChI=1S/C15H14N4O/c16-10-12-13(11-6-2-1-3-7-11)17-18-14(12)15(20)19-8-4-5-9-19/h1-3,6-7H,4-5,8-9H2,(H,17,18). The van der Waals surface area contributed by atoms with Gasteiger partial charge in [-0.1, -0.05) is 30.3 Å². The van der Waals surface area contributed by atoms with Crippen molar-refractivity contribution < 1.29 is 4.79 Å². The van der Waals surface area contributed by atoms with Gasteiger partial charge in [-0.3, -0.25) is 9.89 Å². The van der Waals surface area contributed by atoms with E-state index in [0.29, 0.717) is 17.0 Å². The van der Waals surface area contributed by atoms with Crippen molar-refractivity contribution in [1.29, 1.82) is 5.26 Å². The molecule has 20 heavy (non-hydrogen) atoms. The minimum atomic E-state index is -0.131. The summed E-state index contributed by atoms with van der Waals surface area (Å²) in [5, 5.41) is 16.3. The fourth-order valence-corrected chi connectivity index (χ4v) is 2.49. The van der Waals surface area contributed by atoms with Crippen molar-refractivity contribution in [3.8, 4) is 17.3 Å².